The fraction of sp³-hybridized carbons (Fsp3) is 0.667. The van der Waals surface area contributed by atoms with Gasteiger partial charge in [0.2, 0.25) is 5.91 Å². The minimum atomic E-state index is 0.136. The zero-order chi connectivity index (χ0) is 18.7. The first-order valence-electron chi connectivity index (χ1n) is 10.9. The van der Waals surface area contributed by atoms with Crippen LogP contribution in [0, 0.1) is 17.8 Å². The Kier molecular flexibility index (Phi) is 3.86. The molecule has 2 saturated heterocycles. The van der Waals surface area contributed by atoms with Crippen molar-refractivity contribution in [3.05, 3.63) is 23.5 Å². The molecule has 5 heterocycles. The Morgan fingerprint density at radius 1 is 1.07 bits per heavy atom. The van der Waals surface area contributed by atoms with Crippen molar-refractivity contribution in [2.45, 2.75) is 32.1 Å². The summed E-state index contributed by atoms with van der Waals surface area (Å²) in [7, 11) is 0. The summed E-state index contributed by atoms with van der Waals surface area (Å²) in [5.74, 6) is 3.22. The first-order valence-corrected chi connectivity index (χ1v) is 10.9. The van der Waals surface area contributed by atoms with Gasteiger partial charge in [0.1, 0.15) is 5.82 Å². The summed E-state index contributed by atoms with van der Waals surface area (Å²) in [5.41, 5.74) is 3.41. The van der Waals surface area contributed by atoms with Gasteiger partial charge in [-0.1, -0.05) is 6.42 Å². The van der Waals surface area contributed by atoms with E-state index in [0.29, 0.717) is 5.91 Å². The topological polar surface area (TPSA) is 65.8 Å². The van der Waals surface area contributed by atoms with Crippen LogP contribution in [0.1, 0.15) is 30.5 Å². The summed E-state index contributed by atoms with van der Waals surface area (Å²) in [6, 6.07) is 1.98. The average Bonchev–Trinajstić information content (AvgIpc) is 3.32. The molecule has 2 unspecified atom stereocenters. The SMILES string of the molecule is O=C(C1CN(c2c3c(nc4ccnn24)CCNCC3)C1)N1CC2CCCC2C1. The van der Waals surface area contributed by atoms with Gasteiger partial charge >= 0.3 is 0 Å². The van der Waals surface area contributed by atoms with E-state index in [9.17, 15) is 4.79 Å². The lowest BCUT2D eigenvalue weighted by molar-refractivity contribution is -0.135. The average molecular weight is 380 g/mol. The van der Waals surface area contributed by atoms with Crippen LogP contribution in [0.15, 0.2) is 12.3 Å². The molecule has 1 saturated carbocycles. The second kappa shape index (κ2) is 6.44. The Hall–Kier alpha value is -2.15. The summed E-state index contributed by atoms with van der Waals surface area (Å²) < 4.78 is 1.98. The molecule has 0 spiro atoms. The molecule has 6 rings (SSSR count). The number of nitrogens with zero attached hydrogens (tertiary/aromatic N) is 5. The molecule has 148 valence electrons. The third-order valence-electron chi connectivity index (χ3n) is 7.35. The van der Waals surface area contributed by atoms with Gasteiger partial charge in [-0.3, -0.25) is 4.79 Å². The largest absolute Gasteiger partial charge is 0.354 e. The van der Waals surface area contributed by atoms with Crippen molar-refractivity contribution in [1.29, 1.82) is 0 Å². The van der Waals surface area contributed by atoms with Gasteiger partial charge in [-0.25, -0.2) is 4.98 Å². The van der Waals surface area contributed by atoms with Crippen LogP contribution >= 0.6 is 0 Å². The Labute approximate surface area is 165 Å². The monoisotopic (exact) mass is 380 g/mol. The molecular weight excluding hydrogens is 352 g/mol. The number of hydrogen-bond donors (Lipinski definition) is 1. The van der Waals surface area contributed by atoms with Crippen LogP contribution in [-0.2, 0) is 17.6 Å². The lowest BCUT2D eigenvalue weighted by Crippen LogP contribution is -2.55. The van der Waals surface area contributed by atoms with Crippen molar-refractivity contribution in [2.75, 3.05) is 44.2 Å². The van der Waals surface area contributed by atoms with Crippen LogP contribution in [0.25, 0.3) is 5.65 Å². The summed E-state index contributed by atoms with van der Waals surface area (Å²) in [6.07, 6.45) is 7.75. The number of likely N-dealkylation sites (tertiary alicyclic amines) is 1. The van der Waals surface area contributed by atoms with E-state index in [-0.39, 0.29) is 5.92 Å². The first kappa shape index (κ1) is 16.8. The number of fused-ring (bicyclic) bond motifs is 3. The zero-order valence-electron chi connectivity index (χ0n) is 16.3. The third-order valence-corrected chi connectivity index (χ3v) is 7.35. The van der Waals surface area contributed by atoms with Crippen molar-refractivity contribution in [3.63, 3.8) is 0 Å². The van der Waals surface area contributed by atoms with Crippen molar-refractivity contribution < 1.29 is 4.79 Å². The number of anilines is 1. The van der Waals surface area contributed by atoms with Gasteiger partial charge in [0.05, 0.1) is 17.8 Å². The summed E-state index contributed by atoms with van der Waals surface area (Å²) in [6.45, 7) is 5.57. The van der Waals surface area contributed by atoms with Gasteiger partial charge < -0.3 is 15.1 Å². The first-order chi connectivity index (χ1) is 13.8. The highest BCUT2D eigenvalue weighted by Gasteiger charge is 2.43. The molecule has 2 atom stereocenters. The van der Waals surface area contributed by atoms with E-state index in [0.717, 1.165) is 75.4 Å². The third kappa shape index (κ3) is 2.55. The van der Waals surface area contributed by atoms with E-state index in [1.807, 2.05) is 16.8 Å². The highest BCUT2D eigenvalue weighted by molar-refractivity contribution is 5.82. The van der Waals surface area contributed by atoms with E-state index < -0.39 is 0 Å². The molecule has 3 aliphatic heterocycles. The Balaban J connectivity index is 1.23. The van der Waals surface area contributed by atoms with Gasteiger partial charge in [-0.05, 0) is 37.6 Å². The quantitative estimate of drug-likeness (QED) is 0.846. The molecule has 28 heavy (non-hydrogen) atoms. The Morgan fingerprint density at radius 2 is 1.86 bits per heavy atom. The van der Waals surface area contributed by atoms with Crippen molar-refractivity contribution >= 4 is 17.4 Å². The molecule has 0 aromatic carbocycles. The number of rotatable bonds is 2. The van der Waals surface area contributed by atoms with Gasteiger partial charge in [-0.2, -0.15) is 9.61 Å². The van der Waals surface area contributed by atoms with E-state index in [1.54, 1.807) is 0 Å². The standard InChI is InChI=1S/C21H28N6O/c28-21(26-10-14-2-1-3-15(14)11-26)16-12-25(13-16)20-17-4-7-22-8-5-18(17)24-19-6-9-23-27(19)20/h6,9,14-16,22H,1-5,7-8,10-13H2. The predicted octanol–water partition coefficient (Wildman–Crippen LogP) is 1.11. The van der Waals surface area contributed by atoms with Crippen LogP contribution < -0.4 is 10.2 Å². The van der Waals surface area contributed by atoms with E-state index >= 15 is 0 Å². The van der Waals surface area contributed by atoms with Crippen molar-refractivity contribution in [1.82, 2.24) is 24.8 Å². The number of carbonyl (C=O) groups is 1. The summed E-state index contributed by atoms with van der Waals surface area (Å²) in [4.78, 5) is 22.4. The minimum absolute atomic E-state index is 0.136. The maximum Gasteiger partial charge on any atom is 0.229 e. The molecule has 2 aromatic heterocycles. The molecule has 3 fully saturated rings. The maximum absolute atomic E-state index is 13.0. The van der Waals surface area contributed by atoms with E-state index in [1.165, 1.54) is 30.5 Å². The molecular formula is C21H28N6O. The van der Waals surface area contributed by atoms with Crippen LogP contribution in [0.4, 0.5) is 5.82 Å². The lowest BCUT2D eigenvalue weighted by Gasteiger charge is -2.42. The fourth-order valence-electron chi connectivity index (χ4n) is 5.82. The molecule has 4 aliphatic rings. The van der Waals surface area contributed by atoms with Crippen LogP contribution in [0.5, 0.6) is 0 Å². The number of aromatic nitrogens is 3. The lowest BCUT2D eigenvalue weighted by atomic mass is 9.96. The van der Waals surface area contributed by atoms with Gasteiger partial charge in [0.25, 0.3) is 0 Å². The van der Waals surface area contributed by atoms with Crippen LogP contribution in [0.2, 0.25) is 0 Å². The maximum atomic E-state index is 13.0. The molecule has 0 radical (unpaired) electrons. The molecule has 2 aromatic rings. The van der Waals surface area contributed by atoms with Crippen molar-refractivity contribution in [3.8, 4) is 0 Å². The molecule has 1 N–H and O–H groups in total. The van der Waals surface area contributed by atoms with Gasteiger partial charge in [-0.15, -0.1) is 0 Å². The normalized spacial score (nSPS) is 27.6. The van der Waals surface area contributed by atoms with E-state index in [4.69, 9.17) is 4.98 Å². The van der Waals surface area contributed by atoms with Gasteiger partial charge in [0, 0.05) is 50.8 Å². The predicted molar refractivity (Wildman–Crippen MR) is 106 cm³/mol. The fourth-order valence-corrected chi connectivity index (χ4v) is 5.82. The number of hydrogen-bond acceptors (Lipinski definition) is 5. The van der Waals surface area contributed by atoms with Gasteiger partial charge in [0.15, 0.2) is 5.65 Å². The van der Waals surface area contributed by atoms with Crippen LogP contribution in [0.3, 0.4) is 0 Å². The zero-order valence-corrected chi connectivity index (χ0v) is 16.3. The molecule has 7 heteroatoms. The smallest absolute Gasteiger partial charge is 0.229 e. The molecule has 0 bridgehead atoms. The second-order valence-corrected chi connectivity index (χ2v) is 9.01. The second-order valence-electron chi connectivity index (χ2n) is 9.01. The molecule has 1 amide bonds. The molecule has 7 nitrogen and oxygen atoms in total. The Morgan fingerprint density at radius 3 is 2.68 bits per heavy atom. The highest BCUT2D eigenvalue weighted by atomic mass is 16.2. The number of amides is 1. The summed E-state index contributed by atoms with van der Waals surface area (Å²) in [5, 5.41) is 8.02. The van der Waals surface area contributed by atoms with Crippen molar-refractivity contribution in [2.24, 2.45) is 17.8 Å². The van der Waals surface area contributed by atoms with Crippen LogP contribution in [-0.4, -0.2) is 64.7 Å². The Bertz CT molecular complexity index is 905. The number of nitrogens with one attached hydrogen (secondary N) is 1. The van der Waals surface area contributed by atoms with E-state index in [2.05, 4.69) is 20.2 Å². The molecule has 1 aliphatic carbocycles. The summed E-state index contributed by atoms with van der Waals surface area (Å²) >= 11 is 0. The number of carbonyl (C=O) groups excluding carboxylic acids is 1. The minimum Gasteiger partial charge on any atom is -0.354 e. The highest BCUT2D eigenvalue weighted by Crippen LogP contribution is 2.39.